The number of carbonyl (C=O) groups is 2. The molecule has 0 aliphatic carbocycles. The van der Waals surface area contributed by atoms with Gasteiger partial charge in [0.1, 0.15) is 11.9 Å². The van der Waals surface area contributed by atoms with Crippen molar-refractivity contribution < 1.29 is 14.0 Å². The fraction of sp³-hybridized carbons (Fsp3) is 0.391. The van der Waals surface area contributed by atoms with Crippen LogP contribution in [0, 0.1) is 32.5 Å². The molecule has 0 saturated carbocycles. The molecule has 3 atom stereocenters. The number of carbonyl (C=O) groups excluding carboxylic acids is 2. The lowest BCUT2D eigenvalue weighted by Crippen LogP contribution is -2.44. The predicted molar refractivity (Wildman–Crippen MR) is 108 cm³/mol. The molecule has 3 aliphatic rings. The summed E-state index contributed by atoms with van der Waals surface area (Å²) in [6, 6.07) is 9.62. The maximum atomic E-state index is 13.6. The zero-order valence-electron chi connectivity index (χ0n) is 16.9. The lowest BCUT2D eigenvalue weighted by atomic mass is 9.90. The molecule has 0 spiro atoms. The average molecular weight is 393 g/mol. The molecule has 3 fully saturated rings. The Bertz CT molecular complexity index is 996. The standard InChI is InChI=1S/C23H24FN3O2/c1-13-11-14(2)19(15(3)12-13)27-22(28)18-20(16-5-7-17(24)8-6-16)25-9-4-10-26(25)21(18)23(27)29/h5-8,11-12,18,20-21H,4,9-10H2,1-3H3/t18-,20-,21-/m0/s1. The maximum absolute atomic E-state index is 13.6. The number of imide groups is 1. The normalized spacial score (nSPS) is 27.0. The number of fused-ring (bicyclic) bond motifs is 3. The van der Waals surface area contributed by atoms with E-state index in [0.29, 0.717) is 5.69 Å². The summed E-state index contributed by atoms with van der Waals surface area (Å²) >= 11 is 0. The van der Waals surface area contributed by atoms with Crippen LogP contribution in [0.15, 0.2) is 36.4 Å². The van der Waals surface area contributed by atoms with Crippen LogP contribution in [-0.4, -0.2) is 41.0 Å². The Labute approximate surface area is 169 Å². The first-order chi connectivity index (χ1) is 13.9. The SMILES string of the molecule is Cc1cc(C)c(N2C(=O)[C@@H]3[C@@H](C2=O)N2CCCN2[C@H]3c2ccc(F)cc2)c(C)c1. The van der Waals surface area contributed by atoms with E-state index in [9.17, 15) is 14.0 Å². The van der Waals surface area contributed by atoms with E-state index < -0.39 is 12.0 Å². The first-order valence-electron chi connectivity index (χ1n) is 10.1. The lowest BCUT2D eigenvalue weighted by Gasteiger charge is -2.30. The van der Waals surface area contributed by atoms with Gasteiger partial charge in [-0.15, -0.1) is 0 Å². The number of benzene rings is 2. The number of hydrogen-bond donors (Lipinski definition) is 0. The molecule has 3 saturated heterocycles. The average Bonchev–Trinajstić information content (AvgIpc) is 3.30. The minimum Gasteiger partial charge on any atom is -0.274 e. The molecule has 29 heavy (non-hydrogen) atoms. The Morgan fingerprint density at radius 1 is 0.862 bits per heavy atom. The van der Waals surface area contributed by atoms with E-state index in [1.165, 1.54) is 17.0 Å². The molecule has 3 heterocycles. The van der Waals surface area contributed by atoms with Gasteiger partial charge < -0.3 is 0 Å². The maximum Gasteiger partial charge on any atom is 0.253 e. The van der Waals surface area contributed by atoms with Crippen molar-refractivity contribution in [3.05, 3.63) is 64.5 Å². The molecule has 0 radical (unpaired) electrons. The molecule has 2 aromatic carbocycles. The smallest absolute Gasteiger partial charge is 0.253 e. The van der Waals surface area contributed by atoms with Gasteiger partial charge in [-0.05, 0) is 56.0 Å². The van der Waals surface area contributed by atoms with Crippen molar-refractivity contribution in [2.45, 2.75) is 39.3 Å². The zero-order chi connectivity index (χ0) is 20.4. The van der Waals surface area contributed by atoms with E-state index >= 15 is 0 Å². The Balaban J connectivity index is 1.61. The first kappa shape index (κ1) is 18.5. The summed E-state index contributed by atoms with van der Waals surface area (Å²) in [5.74, 6) is -1.08. The zero-order valence-corrected chi connectivity index (χ0v) is 16.9. The topological polar surface area (TPSA) is 43.9 Å². The highest BCUT2D eigenvalue weighted by atomic mass is 19.1. The third-order valence-corrected chi connectivity index (χ3v) is 6.48. The van der Waals surface area contributed by atoms with E-state index in [0.717, 1.165) is 41.8 Å². The van der Waals surface area contributed by atoms with Crippen molar-refractivity contribution >= 4 is 17.5 Å². The Hall–Kier alpha value is -2.57. The summed E-state index contributed by atoms with van der Waals surface area (Å²) in [7, 11) is 0. The van der Waals surface area contributed by atoms with Crippen molar-refractivity contribution in [2.75, 3.05) is 18.0 Å². The molecule has 0 aromatic heterocycles. The second kappa shape index (κ2) is 6.47. The van der Waals surface area contributed by atoms with Crippen LogP contribution < -0.4 is 4.90 Å². The van der Waals surface area contributed by atoms with Crippen molar-refractivity contribution in [2.24, 2.45) is 5.92 Å². The molecule has 2 amide bonds. The molecule has 0 N–H and O–H groups in total. The highest BCUT2D eigenvalue weighted by molar-refractivity contribution is 6.24. The van der Waals surface area contributed by atoms with Crippen LogP contribution in [0.4, 0.5) is 10.1 Å². The number of hydrazine groups is 1. The van der Waals surface area contributed by atoms with E-state index in [4.69, 9.17) is 0 Å². The molecule has 150 valence electrons. The van der Waals surface area contributed by atoms with Crippen molar-refractivity contribution in [1.82, 2.24) is 10.0 Å². The van der Waals surface area contributed by atoms with Gasteiger partial charge in [0, 0.05) is 13.1 Å². The van der Waals surface area contributed by atoms with Gasteiger partial charge in [0.15, 0.2) is 0 Å². The van der Waals surface area contributed by atoms with Gasteiger partial charge in [0.05, 0.1) is 17.6 Å². The number of anilines is 1. The van der Waals surface area contributed by atoms with Crippen LogP contribution in [-0.2, 0) is 9.59 Å². The van der Waals surface area contributed by atoms with Crippen LogP contribution in [0.3, 0.4) is 0 Å². The van der Waals surface area contributed by atoms with Crippen molar-refractivity contribution in [1.29, 1.82) is 0 Å². The molecule has 3 aliphatic heterocycles. The monoisotopic (exact) mass is 393 g/mol. The fourth-order valence-corrected chi connectivity index (χ4v) is 5.52. The van der Waals surface area contributed by atoms with Gasteiger partial charge in [0.2, 0.25) is 5.91 Å². The fourth-order valence-electron chi connectivity index (χ4n) is 5.52. The summed E-state index contributed by atoms with van der Waals surface area (Å²) < 4.78 is 13.5. The van der Waals surface area contributed by atoms with E-state index in [-0.39, 0.29) is 23.7 Å². The molecule has 6 heteroatoms. The second-order valence-corrected chi connectivity index (χ2v) is 8.41. The first-order valence-corrected chi connectivity index (χ1v) is 10.1. The number of rotatable bonds is 2. The van der Waals surface area contributed by atoms with Crippen LogP contribution in [0.2, 0.25) is 0 Å². The number of amides is 2. The molecule has 5 rings (SSSR count). The number of aryl methyl sites for hydroxylation is 3. The van der Waals surface area contributed by atoms with Gasteiger partial charge >= 0.3 is 0 Å². The van der Waals surface area contributed by atoms with Gasteiger partial charge in [-0.2, -0.15) is 0 Å². The van der Waals surface area contributed by atoms with Crippen LogP contribution in [0.25, 0.3) is 0 Å². The second-order valence-electron chi connectivity index (χ2n) is 8.41. The van der Waals surface area contributed by atoms with Crippen LogP contribution in [0.5, 0.6) is 0 Å². The largest absolute Gasteiger partial charge is 0.274 e. The summed E-state index contributed by atoms with van der Waals surface area (Å²) in [4.78, 5) is 28.6. The van der Waals surface area contributed by atoms with E-state index in [2.05, 4.69) is 10.0 Å². The Morgan fingerprint density at radius 3 is 2.07 bits per heavy atom. The van der Waals surface area contributed by atoms with Gasteiger partial charge in [-0.1, -0.05) is 29.8 Å². The van der Waals surface area contributed by atoms with Gasteiger partial charge in [-0.25, -0.2) is 19.3 Å². The Morgan fingerprint density at radius 2 is 1.45 bits per heavy atom. The van der Waals surface area contributed by atoms with Crippen molar-refractivity contribution in [3.8, 4) is 0 Å². The Kier molecular flexibility index (Phi) is 4.12. The summed E-state index contributed by atoms with van der Waals surface area (Å²) in [6.45, 7) is 7.47. The number of hydrogen-bond acceptors (Lipinski definition) is 4. The van der Waals surface area contributed by atoms with Crippen LogP contribution >= 0.6 is 0 Å². The molecule has 2 aromatic rings. The predicted octanol–water partition coefficient (Wildman–Crippen LogP) is 3.29. The molecule has 0 unspecified atom stereocenters. The van der Waals surface area contributed by atoms with Gasteiger partial charge in [-0.3, -0.25) is 9.59 Å². The highest BCUT2D eigenvalue weighted by Gasteiger charge is 2.63. The minimum absolute atomic E-state index is 0.147. The number of nitrogens with zero attached hydrogens (tertiary/aromatic N) is 3. The summed E-state index contributed by atoms with van der Waals surface area (Å²) in [5.41, 5.74) is 4.56. The third kappa shape index (κ3) is 2.59. The highest BCUT2D eigenvalue weighted by Crippen LogP contribution is 2.49. The third-order valence-electron chi connectivity index (χ3n) is 6.48. The molecular formula is C23H24FN3O2. The van der Waals surface area contributed by atoms with E-state index in [1.807, 2.05) is 32.9 Å². The lowest BCUT2D eigenvalue weighted by molar-refractivity contribution is -0.126. The molecule has 0 bridgehead atoms. The van der Waals surface area contributed by atoms with Crippen LogP contribution in [0.1, 0.15) is 34.7 Å². The van der Waals surface area contributed by atoms with Gasteiger partial charge in [0.25, 0.3) is 5.91 Å². The molecule has 5 nitrogen and oxygen atoms in total. The summed E-state index contributed by atoms with van der Waals surface area (Å²) in [6.07, 6.45) is 0.949. The quantitative estimate of drug-likeness (QED) is 0.735. The minimum atomic E-state index is -0.486. The number of halogens is 1. The van der Waals surface area contributed by atoms with E-state index in [1.54, 1.807) is 12.1 Å². The summed E-state index contributed by atoms with van der Waals surface area (Å²) in [5, 5.41) is 4.21. The molecular weight excluding hydrogens is 369 g/mol. The van der Waals surface area contributed by atoms with Crippen molar-refractivity contribution in [3.63, 3.8) is 0 Å².